The number of halogens is 2. The Labute approximate surface area is 205 Å². The molecule has 0 saturated heterocycles. The summed E-state index contributed by atoms with van der Waals surface area (Å²) >= 11 is 11.8. The summed E-state index contributed by atoms with van der Waals surface area (Å²) in [4.78, 5) is 37.0. The highest BCUT2D eigenvalue weighted by molar-refractivity contribution is 6.36. The number of fused-ring (bicyclic) bond motifs is 1. The number of aryl methyl sites for hydroxylation is 1. The Morgan fingerprint density at radius 1 is 1.00 bits per heavy atom. The zero-order valence-electron chi connectivity index (χ0n) is 18.3. The Hall–Kier alpha value is -3.49. The van der Waals surface area contributed by atoms with Crippen LogP contribution in [0.15, 0.2) is 42.5 Å². The van der Waals surface area contributed by atoms with Crippen molar-refractivity contribution < 1.29 is 28.6 Å². The van der Waals surface area contributed by atoms with Crippen LogP contribution in [0.25, 0.3) is 5.69 Å². The second-order valence-corrected chi connectivity index (χ2v) is 8.39. The molecule has 1 aromatic heterocycles. The standard InChI is InChI=1S/C24H20Cl2N2O6/c1-13-7-18(14(2)28(13)16-4-6-21-22(9-16)34-12-33-21)20(29)11-32-23(30)10-27-24(31)17-5-3-15(25)8-19(17)26/h3-9H,10-12H2,1-2H3,(H,27,31). The maximum absolute atomic E-state index is 12.7. The lowest BCUT2D eigenvalue weighted by molar-refractivity contribution is -0.141. The van der Waals surface area contributed by atoms with Gasteiger partial charge in [-0.1, -0.05) is 23.2 Å². The zero-order valence-corrected chi connectivity index (χ0v) is 19.8. The number of aromatic nitrogens is 1. The summed E-state index contributed by atoms with van der Waals surface area (Å²) in [6.07, 6.45) is 0. The van der Waals surface area contributed by atoms with Crippen LogP contribution in [-0.4, -0.2) is 42.2 Å². The molecule has 2 heterocycles. The SMILES string of the molecule is Cc1cc(C(=O)COC(=O)CNC(=O)c2ccc(Cl)cc2Cl)c(C)n1-c1ccc2c(c1)OCO2. The van der Waals surface area contributed by atoms with Gasteiger partial charge in [0, 0.05) is 33.7 Å². The number of Topliss-reactive ketones (excluding diaryl/α,β-unsaturated/α-hetero) is 1. The van der Waals surface area contributed by atoms with E-state index in [9.17, 15) is 14.4 Å². The number of ketones is 1. The number of rotatable bonds is 7. The summed E-state index contributed by atoms with van der Waals surface area (Å²) < 4.78 is 17.8. The van der Waals surface area contributed by atoms with Crippen LogP contribution in [0, 0.1) is 13.8 Å². The molecule has 0 spiro atoms. The van der Waals surface area contributed by atoms with E-state index in [0.717, 1.165) is 11.4 Å². The summed E-state index contributed by atoms with van der Waals surface area (Å²) in [5.74, 6) is -0.373. The van der Waals surface area contributed by atoms with Crippen LogP contribution in [0.5, 0.6) is 11.5 Å². The number of nitrogens with zero attached hydrogens (tertiary/aromatic N) is 1. The van der Waals surface area contributed by atoms with Crippen LogP contribution in [0.1, 0.15) is 32.1 Å². The first-order valence-corrected chi connectivity index (χ1v) is 11.0. The first-order valence-electron chi connectivity index (χ1n) is 10.3. The van der Waals surface area contributed by atoms with E-state index < -0.39 is 25.0 Å². The van der Waals surface area contributed by atoms with Gasteiger partial charge >= 0.3 is 5.97 Å². The van der Waals surface area contributed by atoms with Crippen LogP contribution in [0.4, 0.5) is 0 Å². The summed E-state index contributed by atoms with van der Waals surface area (Å²) in [7, 11) is 0. The van der Waals surface area contributed by atoms with E-state index in [1.165, 1.54) is 18.2 Å². The van der Waals surface area contributed by atoms with Crippen molar-refractivity contribution in [3.63, 3.8) is 0 Å². The van der Waals surface area contributed by atoms with E-state index in [2.05, 4.69) is 5.32 Å². The molecule has 1 aliphatic rings. The molecule has 34 heavy (non-hydrogen) atoms. The van der Waals surface area contributed by atoms with Gasteiger partial charge in [-0.05, 0) is 50.2 Å². The molecule has 0 radical (unpaired) electrons. The highest BCUT2D eigenvalue weighted by atomic mass is 35.5. The van der Waals surface area contributed by atoms with Gasteiger partial charge in [0.15, 0.2) is 18.1 Å². The van der Waals surface area contributed by atoms with Gasteiger partial charge in [-0.2, -0.15) is 0 Å². The minimum Gasteiger partial charge on any atom is -0.456 e. The highest BCUT2D eigenvalue weighted by Gasteiger charge is 2.21. The molecule has 0 unspecified atom stereocenters. The minimum absolute atomic E-state index is 0.159. The molecule has 4 rings (SSSR count). The summed E-state index contributed by atoms with van der Waals surface area (Å²) in [5.41, 5.74) is 2.95. The van der Waals surface area contributed by atoms with Crippen molar-refractivity contribution in [3.8, 4) is 17.2 Å². The number of esters is 1. The number of carbonyl (C=O) groups excluding carboxylic acids is 3. The fourth-order valence-electron chi connectivity index (χ4n) is 3.66. The summed E-state index contributed by atoms with van der Waals surface area (Å²) in [6.45, 7) is 2.98. The normalized spacial score (nSPS) is 11.9. The maximum Gasteiger partial charge on any atom is 0.325 e. The molecule has 2 aromatic carbocycles. The van der Waals surface area contributed by atoms with Gasteiger partial charge in [-0.15, -0.1) is 0 Å². The van der Waals surface area contributed by atoms with Crippen molar-refractivity contribution in [3.05, 3.63) is 75.0 Å². The third-order valence-corrected chi connectivity index (χ3v) is 5.83. The third-order valence-electron chi connectivity index (χ3n) is 5.28. The van der Waals surface area contributed by atoms with Crippen LogP contribution in [-0.2, 0) is 9.53 Å². The minimum atomic E-state index is -0.753. The van der Waals surface area contributed by atoms with Crippen LogP contribution in [0.3, 0.4) is 0 Å². The highest BCUT2D eigenvalue weighted by Crippen LogP contribution is 2.35. The van der Waals surface area contributed by atoms with Gasteiger partial charge < -0.3 is 24.1 Å². The van der Waals surface area contributed by atoms with Crippen molar-refractivity contribution in [1.82, 2.24) is 9.88 Å². The maximum atomic E-state index is 12.7. The predicted octanol–water partition coefficient (Wildman–Crippen LogP) is 4.29. The predicted molar refractivity (Wildman–Crippen MR) is 125 cm³/mol. The lowest BCUT2D eigenvalue weighted by Crippen LogP contribution is -2.31. The number of benzene rings is 2. The Bertz CT molecular complexity index is 1300. The Morgan fingerprint density at radius 3 is 2.53 bits per heavy atom. The first-order chi connectivity index (χ1) is 16.2. The molecule has 3 aromatic rings. The van der Waals surface area contributed by atoms with Gasteiger partial charge in [-0.25, -0.2) is 0 Å². The largest absolute Gasteiger partial charge is 0.456 e. The van der Waals surface area contributed by atoms with E-state index >= 15 is 0 Å². The molecule has 1 aliphatic heterocycles. The third kappa shape index (κ3) is 4.88. The molecule has 1 amide bonds. The van der Waals surface area contributed by atoms with Crippen LogP contribution < -0.4 is 14.8 Å². The van der Waals surface area contributed by atoms with Crippen molar-refractivity contribution in [2.45, 2.75) is 13.8 Å². The monoisotopic (exact) mass is 502 g/mol. The average Bonchev–Trinajstić information content (AvgIpc) is 3.38. The molecule has 176 valence electrons. The number of carbonyl (C=O) groups is 3. The van der Waals surface area contributed by atoms with E-state index in [1.807, 2.05) is 36.6 Å². The van der Waals surface area contributed by atoms with Crippen LogP contribution in [0.2, 0.25) is 10.0 Å². The Morgan fingerprint density at radius 2 is 1.76 bits per heavy atom. The number of nitrogens with one attached hydrogen (secondary N) is 1. The Kier molecular flexibility index (Phi) is 6.81. The van der Waals surface area contributed by atoms with Gasteiger partial charge in [0.2, 0.25) is 12.6 Å². The quantitative estimate of drug-likeness (QED) is 0.382. The van der Waals surface area contributed by atoms with E-state index in [-0.39, 0.29) is 23.2 Å². The zero-order chi connectivity index (χ0) is 24.4. The van der Waals surface area contributed by atoms with Crippen molar-refractivity contribution in [2.24, 2.45) is 0 Å². The fourth-order valence-corrected chi connectivity index (χ4v) is 4.16. The van der Waals surface area contributed by atoms with Crippen molar-refractivity contribution in [2.75, 3.05) is 19.9 Å². The molecule has 0 fully saturated rings. The lowest BCUT2D eigenvalue weighted by atomic mass is 10.1. The number of amides is 1. The number of hydrogen-bond donors (Lipinski definition) is 1. The molecule has 0 saturated carbocycles. The summed E-state index contributed by atoms with van der Waals surface area (Å²) in [6, 6.07) is 11.6. The molecular formula is C24H20Cl2N2O6. The van der Waals surface area contributed by atoms with Gasteiger partial charge in [0.25, 0.3) is 5.91 Å². The molecule has 1 N–H and O–H groups in total. The topological polar surface area (TPSA) is 95.9 Å². The second-order valence-electron chi connectivity index (χ2n) is 7.55. The number of ether oxygens (including phenoxy) is 3. The number of hydrogen-bond acceptors (Lipinski definition) is 6. The lowest BCUT2D eigenvalue weighted by Gasteiger charge is -2.11. The summed E-state index contributed by atoms with van der Waals surface area (Å²) in [5, 5.41) is 2.96. The fraction of sp³-hybridized carbons (Fsp3) is 0.208. The van der Waals surface area contributed by atoms with Gasteiger partial charge in [0.05, 0.1) is 10.6 Å². The van der Waals surface area contributed by atoms with Crippen LogP contribution >= 0.6 is 23.2 Å². The van der Waals surface area contributed by atoms with E-state index in [0.29, 0.717) is 27.8 Å². The molecule has 0 atom stereocenters. The van der Waals surface area contributed by atoms with Crippen molar-refractivity contribution in [1.29, 1.82) is 0 Å². The molecule has 0 aliphatic carbocycles. The molecular weight excluding hydrogens is 483 g/mol. The average molecular weight is 503 g/mol. The van der Waals surface area contributed by atoms with Crippen molar-refractivity contribution >= 4 is 40.9 Å². The van der Waals surface area contributed by atoms with Gasteiger partial charge in [0.1, 0.15) is 6.54 Å². The molecule has 0 bridgehead atoms. The second kappa shape index (κ2) is 9.79. The smallest absolute Gasteiger partial charge is 0.325 e. The molecule has 8 nitrogen and oxygen atoms in total. The Balaban J connectivity index is 1.36. The van der Waals surface area contributed by atoms with E-state index in [4.69, 9.17) is 37.4 Å². The molecule has 10 heteroatoms. The first kappa shape index (κ1) is 23.7. The van der Waals surface area contributed by atoms with Gasteiger partial charge in [-0.3, -0.25) is 14.4 Å². The van der Waals surface area contributed by atoms with E-state index in [1.54, 1.807) is 6.07 Å².